The zero-order valence-corrected chi connectivity index (χ0v) is 10.2. The number of benzene rings is 1. The molecular formula is C18H12. The minimum Gasteiger partial charge on any atom is -0.0905 e. The molecule has 0 radical (unpaired) electrons. The molecule has 4 aromatic rings. The second-order valence-electron chi connectivity index (χ2n) is 5.12. The highest BCUT2D eigenvalue weighted by Gasteiger charge is 2.21. The van der Waals surface area contributed by atoms with Crippen LogP contribution in [0.5, 0.6) is 0 Å². The number of fused-ring (bicyclic) bond motifs is 6. The van der Waals surface area contributed by atoms with E-state index in [2.05, 4.69) is 39.5 Å². The first-order chi connectivity index (χ1) is 8.46. The third-order valence-electron chi connectivity index (χ3n) is 4.40. The fraction of sp³-hybridized carbons (Fsp3) is 0. The maximum absolute atomic E-state index is 4.09. The van der Waals surface area contributed by atoms with Crippen molar-refractivity contribution in [3.05, 3.63) is 31.3 Å². The molecule has 4 aromatic carbocycles. The molecule has 0 spiro atoms. The topological polar surface area (TPSA) is 0 Å². The van der Waals surface area contributed by atoms with Gasteiger partial charge in [0, 0.05) is 0 Å². The predicted octanol–water partition coefficient (Wildman–Crippen LogP) is -0.0786. The van der Waals surface area contributed by atoms with E-state index in [-0.39, 0.29) is 0 Å². The van der Waals surface area contributed by atoms with Crippen molar-refractivity contribution in [3.8, 4) is 0 Å². The van der Waals surface area contributed by atoms with Crippen LogP contribution in [0.4, 0.5) is 0 Å². The van der Waals surface area contributed by atoms with Gasteiger partial charge in [-0.15, -0.1) is 0 Å². The summed E-state index contributed by atoms with van der Waals surface area (Å²) in [5, 5.41) is 13.4. The van der Waals surface area contributed by atoms with E-state index in [1.54, 1.807) is 0 Å². The van der Waals surface area contributed by atoms with Gasteiger partial charge in [-0.3, -0.25) is 0 Å². The monoisotopic (exact) mass is 228 g/mol. The summed E-state index contributed by atoms with van der Waals surface area (Å²) >= 11 is 0. The van der Waals surface area contributed by atoms with E-state index < -0.39 is 0 Å². The van der Waals surface area contributed by atoms with Crippen LogP contribution in [0.2, 0.25) is 0 Å². The van der Waals surface area contributed by atoms with Crippen molar-refractivity contribution in [1.29, 1.82) is 0 Å². The van der Waals surface area contributed by atoms with Gasteiger partial charge >= 0.3 is 0 Å². The molecule has 0 fully saturated rings. The SMILES string of the molecule is C=c1c(=C)c2c1c1c(=C)c(=C)c1c1c(=C)c(=C)c21. The van der Waals surface area contributed by atoms with Crippen LogP contribution >= 0.6 is 0 Å². The third-order valence-corrected chi connectivity index (χ3v) is 4.40. The van der Waals surface area contributed by atoms with E-state index >= 15 is 0 Å². The Kier molecular flexibility index (Phi) is 1.30. The highest BCUT2D eigenvalue weighted by atomic mass is 14.2. The van der Waals surface area contributed by atoms with Crippen molar-refractivity contribution in [2.45, 2.75) is 0 Å². The first-order valence-electron chi connectivity index (χ1n) is 5.87. The van der Waals surface area contributed by atoms with Gasteiger partial charge in [0.15, 0.2) is 0 Å². The van der Waals surface area contributed by atoms with Crippen molar-refractivity contribution in [3.63, 3.8) is 0 Å². The molecule has 4 rings (SSSR count). The van der Waals surface area contributed by atoms with Gasteiger partial charge in [0.2, 0.25) is 0 Å². The number of rotatable bonds is 0. The molecule has 84 valence electrons. The van der Waals surface area contributed by atoms with Crippen molar-refractivity contribution < 1.29 is 0 Å². The van der Waals surface area contributed by atoms with Crippen LogP contribution in [-0.4, -0.2) is 0 Å². The van der Waals surface area contributed by atoms with Gasteiger partial charge in [-0.1, -0.05) is 39.5 Å². The molecule has 0 aliphatic carbocycles. The summed E-state index contributed by atoms with van der Waals surface area (Å²) in [5.74, 6) is 0. The maximum Gasteiger partial charge on any atom is -0.00138 e. The average molecular weight is 228 g/mol. The fourth-order valence-corrected chi connectivity index (χ4v) is 3.28. The maximum atomic E-state index is 4.09. The van der Waals surface area contributed by atoms with E-state index in [4.69, 9.17) is 0 Å². The van der Waals surface area contributed by atoms with Crippen molar-refractivity contribution >= 4 is 71.8 Å². The van der Waals surface area contributed by atoms with E-state index in [1.165, 1.54) is 32.3 Å². The molecular weight excluding hydrogens is 216 g/mol. The molecule has 0 aliphatic rings. The van der Waals surface area contributed by atoms with Crippen molar-refractivity contribution in [1.82, 2.24) is 0 Å². The molecule has 0 N–H and O–H groups in total. The molecule has 0 saturated heterocycles. The molecule has 18 heavy (non-hydrogen) atoms. The van der Waals surface area contributed by atoms with E-state index in [9.17, 15) is 0 Å². The van der Waals surface area contributed by atoms with Gasteiger partial charge in [0.05, 0.1) is 0 Å². The van der Waals surface area contributed by atoms with Crippen LogP contribution in [0.1, 0.15) is 0 Å². The Morgan fingerprint density at radius 2 is 0.389 bits per heavy atom. The lowest BCUT2D eigenvalue weighted by Crippen LogP contribution is -2.43. The summed E-state index contributed by atoms with van der Waals surface area (Å²) in [6.07, 6.45) is 0. The van der Waals surface area contributed by atoms with Crippen LogP contribution < -0.4 is 31.3 Å². The summed E-state index contributed by atoms with van der Waals surface area (Å²) in [5.41, 5.74) is 0. The van der Waals surface area contributed by atoms with Crippen LogP contribution in [-0.2, 0) is 0 Å². The average Bonchev–Trinajstić information content (AvgIpc) is 2.41. The molecule has 0 unspecified atom stereocenters. The zero-order chi connectivity index (χ0) is 12.9. The molecule has 0 aromatic heterocycles. The molecule has 0 atom stereocenters. The molecule has 0 saturated carbocycles. The summed E-state index contributed by atoms with van der Waals surface area (Å²) in [7, 11) is 0. The van der Waals surface area contributed by atoms with Gasteiger partial charge in [-0.25, -0.2) is 0 Å². The Morgan fingerprint density at radius 3 is 0.500 bits per heavy atom. The second kappa shape index (κ2) is 2.41. The lowest BCUT2D eigenvalue weighted by molar-refractivity contribution is 1.56. The molecule has 0 amide bonds. The largest absolute Gasteiger partial charge is 0.0905 e. The third kappa shape index (κ3) is 0.659. The summed E-state index contributed by atoms with van der Waals surface area (Å²) < 4.78 is 0. The fourth-order valence-electron chi connectivity index (χ4n) is 3.28. The highest BCUT2D eigenvalue weighted by Crippen LogP contribution is 2.27. The van der Waals surface area contributed by atoms with Gasteiger partial charge in [0.25, 0.3) is 0 Å². The smallest absolute Gasteiger partial charge is 0.00138 e. The quantitative estimate of drug-likeness (QED) is 0.395. The van der Waals surface area contributed by atoms with Crippen LogP contribution in [0.3, 0.4) is 0 Å². The molecule has 0 heterocycles. The molecule has 0 nitrogen and oxygen atoms in total. The Bertz CT molecular complexity index is 954. The van der Waals surface area contributed by atoms with Crippen LogP contribution in [0.25, 0.3) is 71.8 Å². The lowest BCUT2D eigenvalue weighted by Gasteiger charge is -2.21. The van der Waals surface area contributed by atoms with Gasteiger partial charge in [-0.05, 0) is 63.6 Å². The molecule has 0 bridgehead atoms. The Morgan fingerprint density at radius 1 is 0.278 bits per heavy atom. The Labute approximate surface area is 103 Å². The minimum atomic E-state index is 1.03. The summed E-state index contributed by atoms with van der Waals surface area (Å²) in [6, 6.07) is 0. The van der Waals surface area contributed by atoms with Crippen LogP contribution in [0.15, 0.2) is 0 Å². The van der Waals surface area contributed by atoms with Crippen molar-refractivity contribution in [2.24, 2.45) is 0 Å². The lowest BCUT2D eigenvalue weighted by atomic mass is 9.81. The van der Waals surface area contributed by atoms with Crippen molar-refractivity contribution in [2.75, 3.05) is 0 Å². The first kappa shape index (κ1) is 9.67. The zero-order valence-electron chi connectivity index (χ0n) is 10.2. The van der Waals surface area contributed by atoms with Gasteiger partial charge in [0.1, 0.15) is 0 Å². The molecule has 0 heteroatoms. The number of hydrogen-bond acceptors (Lipinski definition) is 0. The van der Waals surface area contributed by atoms with Gasteiger partial charge < -0.3 is 0 Å². The van der Waals surface area contributed by atoms with Gasteiger partial charge in [-0.2, -0.15) is 0 Å². The van der Waals surface area contributed by atoms with Crippen LogP contribution in [0, 0.1) is 0 Å². The Balaban J connectivity index is 2.64. The molecule has 0 aliphatic heterocycles. The second-order valence-corrected chi connectivity index (χ2v) is 5.12. The standard InChI is InChI=1S/C18H12/c1-7-8(2)14-13(7)15-9(3)10(4)17(15)18-12(6)11(5)16(14)18/h1-6H2. The first-order valence-corrected chi connectivity index (χ1v) is 5.87. The number of hydrogen-bond donors (Lipinski definition) is 0. The predicted molar refractivity (Wildman–Crippen MR) is 83.4 cm³/mol. The minimum absolute atomic E-state index is 1.03. The van der Waals surface area contributed by atoms with E-state index in [1.807, 2.05) is 0 Å². The highest BCUT2D eigenvalue weighted by molar-refractivity contribution is 6.31. The summed E-state index contributed by atoms with van der Waals surface area (Å²) in [4.78, 5) is 0. The Hall–Kier alpha value is -2.34. The summed E-state index contributed by atoms with van der Waals surface area (Å²) in [6.45, 7) is 24.6. The van der Waals surface area contributed by atoms with E-state index in [0.717, 1.165) is 31.3 Å². The normalized spacial score (nSPS) is 12.7. The van der Waals surface area contributed by atoms with E-state index in [0.29, 0.717) is 0 Å².